The Kier molecular flexibility index (Phi) is 5.29. The fraction of sp³-hybridized carbons (Fsp3) is 0.647. The molecule has 0 heterocycles. The molecular weight excluding hydrogens is 254 g/mol. The van der Waals surface area contributed by atoms with Gasteiger partial charge in [0.25, 0.3) is 0 Å². The minimum Gasteiger partial charge on any atom is -0.313 e. The summed E-state index contributed by atoms with van der Waals surface area (Å²) in [6.45, 7) is 4.51. The van der Waals surface area contributed by atoms with Crippen molar-refractivity contribution in [3.63, 3.8) is 0 Å². The highest BCUT2D eigenvalue weighted by atomic mass is 35.5. The fourth-order valence-electron chi connectivity index (χ4n) is 3.77. The van der Waals surface area contributed by atoms with Crippen molar-refractivity contribution in [2.75, 3.05) is 7.05 Å². The normalized spacial score (nSPS) is 25.3. The molecule has 1 nitrogen and oxygen atoms in total. The van der Waals surface area contributed by atoms with E-state index in [9.17, 15) is 0 Å². The highest BCUT2D eigenvalue weighted by molar-refractivity contribution is 6.30. The van der Waals surface area contributed by atoms with Gasteiger partial charge in [0.1, 0.15) is 0 Å². The van der Waals surface area contributed by atoms with Crippen LogP contribution in [0, 0.1) is 18.8 Å². The summed E-state index contributed by atoms with van der Waals surface area (Å²) in [7, 11) is 2.10. The van der Waals surface area contributed by atoms with Crippen LogP contribution in [0.4, 0.5) is 0 Å². The zero-order valence-corrected chi connectivity index (χ0v) is 13.1. The first-order chi connectivity index (χ1) is 9.17. The quantitative estimate of drug-likeness (QED) is 0.806. The van der Waals surface area contributed by atoms with Crippen molar-refractivity contribution in [1.82, 2.24) is 5.32 Å². The van der Waals surface area contributed by atoms with E-state index >= 15 is 0 Å². The molecule has 2 heteroatoms. The Hall–Kier alpha value is -0.530. The molecule has 0 radical (unpaired) electrons. The number of rotatable bonds is 4. The fourth-order valence-corrected chi connectivity index (χ4v) is 4.00. The zero-order valence-electron chi connectivity index (χ0n) is 12.4. The van der Waals surface area contributed by atoms with Crippen LogP contribution in [-0.4, -0.2) is 7.05 Å². The molecular formula is C17H26ClN. The second kappa shape index (κ2) is 6.76. The van der Waals surface area contributed by atoms with Crippen molar-refractivity contribution in [3.05, 3.63) is 34.3 Å². The smallest absolute Gasteiger partial charge is 0.0408 e. The van der Waals surface area contributed by atoms with Gasteiger partial charge >= 0.3 is 0 Å². The number of hydrogen-bond acceptors (Lipinski definition) is 1. The van der Waals surface area contributed by atoms with Gasteiger partial charge in [0, 0.05) is 11.1 Å². The summed E-state index contributed by atoms with van der Waals surface area (Å²) >= 11 is 6.09. The van der Waals surface area contributed by atoms with Gasteiger partial charge in [0.2, 0.25) is 0 Å². The standard InChI is InChI=1S/C17H26ClN/c1-4-13-7-5-6-8-16(13)17(19-3)15-10-9-14(18)11-12(15)2/h9-11,13,16-17,19H,4-8H2,1-3H3. The summed E-state index contributed by atoms with van der Waals surface area (Å²) in [5.74, 6) is 1.63. The summed E-state index contributed by atoms with van der Waals surface area (Å²) < 4.78 is 0. The molecule has 1 aromatic rings. The van der Waals surface area contributed by atoms with E-state index in [1.54, 1.807) is 0 Å². The molecule has 19 heavy (non-hydrogen) atoms. The molecule has 0 amide bonds. The van der Waals surface area contributed by atoms with Crippen molar-refractivity contribution in [2.24, 2.45) is 11.8 Å². The second-order valence-corrected chi connectivity index (χ2v) is 6.32. The van der Waals surface area contributed by atoms with Crippen molar-refractivity contribution < 1.29 is 0 Å². The Balaban J connectivity index is 2.27. The maximum atomic E-state index is 6.09. The molecule has 1 aliphatic carbocycles. The van der Waals surface area contributed by atoms with Gasteiger partial charge in [-0.05, 0) is 55.5 Å². The van der Waals surface area contributed by atoms with Crippen LogP contribution in [0.5, 0.6) is 0 Å². The summed E-state index contributed by atoms with van der Waals surface area (Å²) in [4.78, 5) is 0. The van der Waals surface area contributed by atoms with Crippen LogP contribution in [0.25, 0.3) is 0 Å². The molecule has 0 spiro atoms. The average Bonchev–Trinajstić information content (AvgIpc) is 2.42. The van der Waals surface area contributed by atoms with Gasteiger partial charge in [-0.25, -0.2) is 0 Å². The minimum absolute atomic E-state index is 0.475. The van der Waals surface area contributed by atoms with Crippen molar-refractivity contribution in [3.8, 4) is 0 Å². The van der Waals surface area contributed by atoms with E-state index < -0.39 is 0 Å². The van der Waals surface area contributed by atoms with E-state index in [-0.39, 0.29) is 0 Å². The molecule has 3 atom stereocenters. The second-order valence-electron chi connectivity index (χ2n) is 5.88. The number of benzene rings is 1. The first-order valence-electron chi connectivity index (χ1n) is 7.60. The van der Waals surface area contributed by atoms with E-state index in [1.807, 2.05) is 6.07 Å². The van der Waals surface area contributed by atoms with Crippen molar-refractivity contribution in [2.45, 2.75) is 52.0 Å². The SMILES string of the molecule is CCC1CCCCC1C(NC)c1ccc(Cl)cc1C. The monoisotopic (exact) mass is 279 g/mol. The molecule has 0 bridgehead atoms. The van der Waals surface area contributed by atoms with Gasteiger partial charge in [-0.1, -0.05) is 50.3 Å². The van der Waals surface area contributed by atoms with Crippen LogP contribution in [0.3, 0.4) is 0 Å². The molecule has 3 unspecified atom stereocenters. The number of halogens is 1. The molecule has 1 aliphatic rings. The van der Waals surface area contributed by atoms with E-state index in [0.29, 0.717) is 6.04 Å². The lowest BCUT2D eigenvalue weighted by Gasteiger charge is -2.37. The van der Waals surface area contributed by atoms with E-state index in [0.717, 1.165) is 16.9 Å². The molecule has 106 valence electrons. The number of hydrogen-bond donors (Lipinski definition) is 1. The van der Waals surface area contributed by atoms with Crippen LogP contribution in [0.15, 0.2) is 18.2 Å². The lowest BCUT2D eigenvalue weighted by Crippen LogP contribution is -2.33. The van der Waals surface area contributed by atoms with E-state index in [2.05, 4.69) is 38.3 Å². The van der Waals surface area contributed by atoms with Gasteiger partial charge in [0.15, 0.2) is 0 Å². The van der Waals surface area contributed by atoms with Crippen molar-refractivity contribution >= 4 is 11.6 Å². The van der Waals surface area contributed by atoms with Gasteiger partial charge in [-0.15, -0.1) is 0 Å². The summed E-state index contributed by atoms with van der Waals surface area (Å²) in [6, 6.07) is 6.80. The van der Waals surface area contributed by atoms with Crippen LogP contribution in [0.2, 0.25) is 5.02 Å². The van der Waals surface area contributed by atoms with Crippen LogP contribution >= 0.6 is 11.6 Å². The number of nitrogens with one attached hydrogen (secondary N) is 1. The molecule has 1 aromatic carbocycles. The highest BCUT2D eigenvalue weighted by Gasteiger charge is 2.31. The number of aryl methyl sites for hydroxylation is 1. The third-order valence-corrected chi connectivity index (χ3v) is 5.03. The average molecular weight is 280 g/mol. The Morgan fingerprint density at radius 1 is 1.32 bits per heavy atom. The third kappa shape index (κ3) is 3.32. The lowest BCUT2D eigenvalue weighted by atomic mass is 9.72. The molecule has 1 saturated carbocycles. The van der Waals surface area contributed by atoms with Gasteiger partial charge in [-0.2, -0.15) is 0 Å². The summed E-state index contributed by atoms with van der Waals surface area (Å²) in [5, 5.41) is 4.41. The molecule has 0 saturated heterocycles. The van der Waals surface area contributed by atoms with Crippen LogP contribution in [-0.2, 0) is 0 Å². The van der Waals surface area contributed by atoms with Gasteiger partial charge in [0.05, 0.1) is 0 Å². The predicted octanol–water partition coefficient (Wildman–Crippen LogP) is 5.13. The molecule has 1 fully saturated rings. The molecule has 1 N–H and O–H groups in total. The van der Waals surface area contributed by atoms with Gasteiger partial charge < -0.3 is 5.32 Å². The largest absolute Gasteiger partial charge is 0.313 e. The zero-order chi connectivity index (χ0) is 13.8. The topological polar surface area (TPSA) is 12.0 Å². The molecule has 0 aromatic heterocycles. The first-order valence-corrected chi connectivity index (χ1v) is 7.98. The first kappa shape index (κ1) is 14.9. The molecule has 0 aliphatic heterocycles. The third-order valence-electron chi connectivity index (χ3n) is 4.80. The predicted molar refractivity (Wildman–Crippen MR) is 83.7 cm³/mol. The Bertz CT molecular complexity index is 416. The summed E-state index contributed by atoms with van der Waals surface area (Å²) in [6.07, 6.45) is 6.84. The maximum absolute atomic E-state index is 6.09. The Morgan fingerprint density at radius 2 is 2.05 bits per heavy atom. The lowest BCUT2D eigenvalue weighted by molar-refractivity contribution is 0.180. The summed E-state index contributed by atoms with van der Waals surface area (Å²) in [5.41, 5.74) is 2.74. The maximum Gasteiger partial charge on any atom is 0.0408 e. The minimum atomic E-state index is 0.475. The Morgan fingerprint density at radius 3 is 2.68 bits per heavy atom. The van der Waals surface area contributed by atoms with E-state index in [4.69, 9.17) is 11.6 Å². The van der Waals surface area contributed by atoms with Crippen LogP contribution < -0.4 is 5.32 Å². The molecule has 2 rings (SSSR count). The van der Waals surface area contributed by atoms with E-state index in [1.165, 1.54) is 43.2 Å². The Labute approximate surface area is 122 Å². The van der Waals surface area contributed by atoms with Crippen LogP contribution in [0.1, 0.15) is 56.2 Å². The van der Waals surface area contributed by atoms with Gasteiger partial charge in [-0.3, -0.25) is 0 Å². The highest BCUT2D eigenvalue weighted by Crippen LogP contribution is 2.41. The van der Waals surface area contributed by atoms with Crippen molar-refractivity contribution in [1.29, 1.82) is 0 Å².